The van der Waals surface area contributed by atoms with Gasteiger partial charge in [0.2, 0.25) is 0 Å². The van der Waals surface area contributed by atoms with Crippen molar-refractivity contribution in [3.63, 3.8) is 0 Å². The van der Waals surface area contributed by atoms with Crippen molar-refractivity contribution in [2.45, 2.75) is 12.7 Å². The predicted octanol–water partition coefficient (Wildman–Crippen LogP) is 1.20. The predicted molar refractivity (Wildman–Crippen MR) is 52.1 cm³/mol. The molecule has 0 aliphatic heterocycles. The van der Waals surface area contributed by atoms with E-state index < -0.39 is 12.7 Å². The molecule has 2 rings (SSSR count). The topological polar surface area (TPSA) is 63.6 Å². The van der Waals surface area contributed by atoms with Crippen LogP contribution in [0.4, 0.5) is 13.2 Å². The van der Waals surface area contributed by atoms with Crippen molar-refractivity contribution in [2.75, 3.05) is 0 Å². The molecule has 8 heteroatoms. The first-order valence-electron chi connectivity index (χ1n) is 4.59. The van der Waals surface area contributed by atoms with E-state index in [0.717, 1.165) is 4.68 Å². The van der Waals surface area contributed by atoms with Crippen LogP contribution in [0.15, 0.2) is 29.5 Å². The summed E-state index contributed by atoms with van der Waals surface area (Å²) < 4.78 is 37.0. The first kappa shape index (κ1) is 11.4. The first-order chi connectivity index (χ1) is 7.94. The number of halogens is 3. The number of H-pyrrole nitrogens is 1. The summed E-state index contributed by atoms with van der Waals surface area (Å²) in [6, 6.07) is 1.21. The lowest BCUT2D eigenvalue weighted by atomic mass is 10.3. The van der Waals surface area contributed by atoms with Crippen LogP contribution >= 0.6 is 0 Å². The average molecular weight is 244 g/mol. The van der Waals surface area contributed by atoms with Crippen molar-refractivity contribution >= 4 is 0 Å². The fourth-order valence-corrected chi connectivity index (χ4v) is 1.27. The molecule has 0 atom stereocenters. The standard InChI is InChI=1S/C9H7F3N4O/c10-9(11,12)5-16-4-6(3-14-16)8-13-2-1-7(17)15-8/h1-4H,5H2,(H,13,15,17). The van der Waals surface area contributed by atoms with Gasteiger partial charge in [0.1, 0.15) is 12.4 Å². The van der Waals surface area contributed by atoms with E-state index >= 15 is 0 Å². The number of alkyl halides is 3. The molecule has 0 aliphatic carbocycles. The zero-order valence-electron chi connectivity index (χ0n) is 8.40. The van der Waals surface area contributed by atoms with E-state index in [1.165, 1.54) is 24.7 Å². The largest absolute Gasteiger partial charge is 0.408 e. The Morgan fingerprint density at radius 1 is 1.41 bits per heavy atom. The molecule has 1 N–H and O–H groups in total. The van der Waals surface area contributed by atoms with Gasteiger partial charge in [-0.3, -0.25) is 9.48 Å². The highest BCUT2D eigenvalue weighted by atomic mass is 19.4. The molecular weight excluding hydrogens is 237 g/mol. The summed E-state index contributed by atoms with van der Waals surface area (Å²) in [5.41, 5.74) is -0.0504. The summed E-state index contributed by atoms with van der Waals surface area (Å²) in [4.78, 5) is 17.2. The summed E-state index contributed by atoms with van der Waals surface area (Å²) in [7, 11) is 0. The fraction of sp³-hybridized carbons (Fsp3) is 0.222. The Morgan fingerprint density at radius 3 is 2.82 bits per heavy atom. The third kappa shape index (κ3) is 2.92. The number of nitrogens with one attached hydrogen (secondary N) is 1. The second-order valence-corrected chi connectivity index (χ2v) is 3.32. The van der Waals surface area contributed by atoms with E-state index in [2.05, 4.69) is 15.1 Å². The Labute approximate surface area is 92.9 Å². The van der Waals surface area contributed by atoms with Crippen LogP contribution in [0.1, 0.15) is 0 Å². The molecule has 0 spiro atoms. The van der Waals surface area contributed by atoms with Gasteiger partial charge in [-0.05, 0) is 0 Å². The molecule has 2 aromatic rings. The third-order valence-electron chi connectivity index (χ3n) is 1.92. The van der Waals surface area contributed by atoms with E-state index in [1.54, 1.807) is 0 Å². The lowest BCUT2D eigenvalue weighted by molar-refractivity contribution is -0.142. The maximum Gasteiger partial charge on any atom is 0.408 e. The molecule has 90 valence electrons. The summed E-state index contributed by atoms with van der Waals surface area (Å²) in [6.45, 7) is -1.18. The first-order valence-corrected chi connectivity index (χ1v) is 4.59. The van der Waals surface area contributed by atoms with Gasteiger partial charge in [-0.1, -0.05) is 0 Å². The van der Waals surface area contributed by atoms with Gasteiger partial charge in [0, 0.05) is 18.5 Å². The Balaban J connectivity index is 2.27. The van der Waals surface area contributed by atoms with Crippen LogP contribution in [-0.4, -0.2) is 25.9 Å². The second-order valence-electron chi connectivity index (χ2n) is 3.32. The zero-order valence-corrected chi connectivity index (χ0v) is 8.40. The van der Waals surface area contributed by atoms with Crippen molar-refractivity contribution < 1.29 is 13.2 Å². The number of nitrogens with zero attached hydrogens (tertiary/aromatic N) is 3. The van der Waals surface area contributed by atoms with E-state index in [1.807, 2.05) is 0 Å². The molecule has 0 bridgehead atoms. The van der Waals surface area contributed by atoms with Crippen LogP contribution in [0.5, 0.6) is 0 Å². The van der Waals surface area contributed by atoms with Crippen molar-refractivity contribution in [3.8, 4) is 11.4 Å². The number of aromatic amines is 1. The van der Waals surface area contributed by atoms with Crippen LogP contribution in [0.2, 0.25) is 0 Å². The van der Waals surface area contributed by atoms with Crippen molar-refractivity contribution in [1.82, 2.24) is 19.7 Å². The minimum absolute atomic E-state index is 0.186. The zero-order chi connectivity index (χ0) is 12.5. The highest BCUT2D eigenvalue weighted by Crippen LogP contribution is 2.18. The lowest BCUT2D eigenvalue weighted by Crippen LogP contribution is -2.17. The SMILES string of the molecule is O=c1ccnc(-c2cnn(CC(F)(F)F)c2)[nH]1. The molecule has 0 saturated heterocycles. The van der Waals surface area contributed by atoms with Crippen LogP contribution in [0, 0.1) is 0 Å². The average Bonchev–Trinajstić information content (AvgIpc) is 2.63. The van der Waals surface area contributed by atoms with E-state index in [4.69, 9.17) is 0 Å². The maximum atomic E-state index is 12.1. The molecule has 0 fully saturated rings. The summed E-state index contributed by atoms with van der Waals surface area (Å²) in [5, 5.41) is 3.54. The summed E-state index contributed by atoms with van der Waals surface area (Å²) in [5.74, 6) is 0.186. The van der Waals surface area contributed by atoms with Crippen LogP contribution in [-0.2, 0) is 6.54 Å². The molecule has 17 heavy (non-hydrogen) atoms. The molecule has 2 aromatic heterocycles. The Morgan fingerprint density at radius 2 is 2.18 bits per heavy atom. The fourth-order valence-electron chi connectivity index (χ4n) is 1.27. The molecule has 0 aromatic carbocycles. The van der Waals surface area contributed by atoms with E-state index in [9.17, 15) is 18.0 Å². The highest BCUT2D eigenvalue weighted by molar-refractivity contribution is 5.51. The van der Waals surface area contributed by atoms with Gasteiger partial charge in [0.25, 0.3) is 5.56 Å². The van der Waals surface area contributed by atoms with Gasteiger partial charge in [0.15, 0.2) is 0 Å². The number of hydrogen-bond acceptors (Lipinski definition) is 3. The van der Waals surface area contributed by atoms with Gasteiger partial charge in [-0.15, -0.1) is 0 Å². The maximum absolute atomic E-state index is 12.1. The van der Waals surface area contributed by atoms with Crippen molar-refractivity contribution in [1.29, 1.82) is 0 Å². The molecule has 0 radical (unpaired) electrons. The Kier molecular flexibility index (Phi) is 2.70. The number of hydrogen-bond donors (Lipinski definition) is 1. The molecule has 0 saturated carbocycles. The molecule has 2 heterocycles. The van der Waals surface area contributed by atoms with E-state index in [0.29, 0.717) is 5.56 Å². The lowest BCUT2D eigenvalue weighted by Gasteiger charge is -2.04. The molecular formula is C9H7F3N4O. The molecule has 0 aliphatic rings. The highest BCUT2D eigenvalue weighted by Gasteiger charge is 2.28. The van der Waals surface area contributed by atoms with Gasteiger partial charge in [-0.2, -0.15) is 18.3 Å². The smallest absolute Gasteiger partial charge is 0.306 e. The van der Waals surface area contributed by atoms with Gasteiger partial charge in [0.05, 0.1) is 11.8 Å². The monoisotopic (exact) mass is 244 g/mol. The number of rotatable bonds is 2. The minimum atomic E-state index is -4.33. The molecule has 5 nitrogen and oxygen atoms in total. The van der Waals surface area contributed by atoms with Gasteiger partial charge >= 0.3 is 6.18 Å². The minimum Gasteiger partial charge on any atom is -0.306 e. The third-order valence-corrected chi connectivity index (χ3v) is 1.92. The molecule has 0 amide bonds. The van der Waals surface area contributed by atoms with Crippen LogP contribution in [0.3, 0.4) is 0 Å². The Bertz CT molecular complexity index is 572. The van der Waals surface area contributed by atoms with Gasteiger partial charge < -0.3 is 4.98 Å². The van der Waals surface area contributed by atoms with E-state index in [-0.39, 0.29) is 11.4 Å². The summed E-state index contributed by atoms with van der Waals surface area (Å²) in [6.07, 6.45) is -0.675. The van der Waals surface area contributed by atoms with Crippen molar-refractivity contribution in [2.24, 2.45) is 0 Å². The molecule has 0 unspecified atom stereocenters. The number of aromatic nitrogens is 4. The summed E-state index contributed by atoms with van der Waals surface area (Å²) >= 11 is 0. The quantitative estimate of drug-likeness (QED) is 0.863. The van der Waals surface area contributed by atoms with Crippen LogP contribution in [0.25, 0.3) is 11.4 Å². The second kappa shape index (κ2) is 4.04. The Hall–Kier alpha value is -2.12. The van der Waals surface area contributed by atoms with Gasteiger partial charge in [-0.25, -0.2) is 4.98 Å². The van der Waals surface area contributed by atoms with Crippen LogP contribution < -0.4 is 5.56 Å². The normalized spacial score (nSPS) is 11.7. The van der Waals surface area contributed by atoms with Crippen molar-refractivity contribution in [3.05, 3.63) is 35.0 Å².